The normalized spacial score (nSPS) is 13.7. The summed E-state index contributed by atoms with van der Waals surface area (Å²) in [6, 6.07) is 18.8. The molecule has 0 bridgehead atoms. The van der Waals surface area contributed by atoms with Crippen LogP contribution in [0.2, 0.25) is 0 Å². The lowest BCUT2D eigenvalue weighted by atomic mass is 10.0. The maximum Gasteiger partial charge on any atom is 0.272 e. The lowest BCUT2D eigenvalue weighted by Crippen LogP contribution is -2.23. The molecule has 0 saturated heterocycles. The smallest absolute Gasteiger partial charge is 0.272 e. The second-order valence-electron chi connectivity index (χ2n) is 7.80. The lowest BCUT2D eigenvalue weighted by Gasteiger charge is -2.10. The molecule has 2 aromatic carbocycles. The topological polar surface area (TPSA) is 61.0 Å². The molecule has 0 aliphatic heterocycles. The highest BCUT2D eigenvalue weighted by Crippen LogP contribution is 2.38. The molecule has 4 rings (SSSR count). The minimum absolute atomic E-state index is 0.135. The number of aromatic amines is 1. The summed E-state index contributed by atoms with van der Waals surface area (Å²) in [5, 5.41) is 10.0. The van der Waals surface area contributed by atoms with Gasteiger partial charge in [0.25, 0.3) is 5.91 Å². The first-order chi connectivity index (χ1) is 13.6. The van der Waals surface area contributed by atoms with Gasteiger partial charge in [0.05, 0.1) is 0 Å². The molecule has 2 N–H and O–H groups in total. The highest BCUT2D eigenvalue weighted by atomic mass is 16.1. The summed E-state index contributed by atoms with van der Waals surface area (Å²) in [6.07, 6.45) is 2.38. The van der Waals surface area contributed by atoms with Gasteiger partial charge in [-0.25, -0.2) is 0 Å². The summed E-state index contributed by atoms with van der Waals surface area (Å²) in [4.78, 5) is 14.4. The summed E-state index contributed by atoms with van der Waals surface area (Å²) in [7, 11) is 4.15. The van der Waals surface area contributed by atoms with Gasteiger partial charge in [-0.05, 0) is 55.3 Å². The second kappa shape index (κ2) is 7.98. The van der Waals surface area contributed by atoms with Crippen molar-refractivity contribution in [2.45, 2.75) is 31.8 Å². The number of carbonyl (C=O) groups excluding carboxylic acids is 1. The molecule has 1 amide bonds. The van der Waals surface area contributed by atoms with Gasteiger partial charge in [0, 0.05) is 24.7 Å². The summed E-state index contributed by atoms with van der Waals surface area (Å²) >= 11 is 0. The Balaban J connectivity index is 1.34. The molecule has 0 radical (unpaired) electrons. The molecular weight excluding hydrogens is 348 g/mol. The predicted octanol–water partition coefficient (Wildman–Crippen LogP) is 3.95. The van der Waals surface area contributed by atoms with Crippen LogP contribution in [0, 0.1) is 0 Å². The van der Waals surface area contributed by atoms with Crippen LogP contribution < -0.4 is 5.32 Å². The first-order valence-corrected chi connectivity index (χ1v) is 9.75. The van der Waals surface area contributed by atoms with Gasteiger partial charge in [-0.3, -0.25) is 9.89 Å². The molecule has 1 aliphatic rings. The SMILES string of the molecule is CN(C)Cc1ccc(-c2ccc(CNC(=O)c3cc(C4CC4)[nH]n3)cc2)cc1. The number of hydrogen-bond acceptors (Lipinski definition) is 3. The van der Waals surface area contributed by atoms with Gasteiger partial charge in [0.1, 0.15) is 5.69 Å². The van der Waals surface area contributed by atoms with Crippen LogP contribution in [0.4, 0.5) is 0 Å². The van der Waals surface area contributed by atoms with E-state index in [-0.39, 0.29) is 5.91 Å². The summed E-state index contributed by atoms with van der Waals surface area (Å²) in [6.45, 7) is 1.43. The minimum atomic E-state index is -0.135. The van der Waals surface area contributed by atoms with Crippen molar-refractivity contribution in [3.63, 3.8) is 0 Å². The summed E-state index contributed by atoms with van der Waals surface area (Å²) in [5.41, 5.74) is 6.29. The third kappa shape index (κ3) is 4.49. The van der Waals surface area contributed by atoms with Crippen LogP contribution in [-0.4, -0.2) is 35.1 Å². The molecule has 3 aromatic rings. The molecule has 1 fully saturated rings. The van der Waals surface area contributed by atoms with Gasteiger partial charge in [-0.2, -0.15) is 5.10 Å². The Bertz CT molecular complexity index is 937. The zero-order valence-corrected chi connectivity index (χ0v) is 16.4. The van der Waals surface area contributed by atoms with E-state index in [1.165, 1.54) is 29.5 Å². The molecule has 5 heteroatoms. The number of rotatable bonds is 7. The molecule has 0 unspecified atom stereocenters. The largest absolute Gasteiger partial charge is 0.347 e. The van der Waals surface area contributed by atoms with Gasteiger partial charge in [-0.1, -0.05) is 48.5 Å². The van der Waals surface area contributed by atoms with Gasteiger partial charge in [0.15, 0.2) is 0 Å². The van der Waals surface area contributed by atoms with E-state index < -0.39 is 0 Å². The molecule has 0 atom stereocenters. The van der Waals surface area contributed by atoms with Gasteiger partial charge in [-0.15, -0.1) is 0 Å². The third-order valence-corrected chi connectivity index (χ3v) is 5.04. The maximum absolute atomic E-state index is 12.3. The van der Waals surface area contributed by atoms with E-state index in [0.717, 1.165) is 17.8 Å². The molecule has 1 aromatic heterocycles. The van der Waals surface area contributed by atoms with E-state index >= 15 is 0 Å². The molecular formula is C23H26N4O. The number of nitrogens with zero attached hydrogens (tertiary/aromatic N) is 2. The number of benzene rings is 2. The summed E-state index contributed by atoms with van der Waals surface area (Å²) in [5.74, 6) is 0.433. The van der Waals surface area contributed by atoms with Crippen molar-refractivity contribution in [3.8, 4) is 11.1 Å². The van der Waals surface area contributed by atoms with E-state index in [9.17, 15) is 4.79 Å². The quantitative estimate of drug-likeness (QED) is 0.658. The van der Waals surface area contributed by atoms with E-state index in [4.69, 9.17) is 0 Å². The third-order valence-electron chi connectivity index (χ3n) is 5.04. The Labute approximate surface area is 165 Å². The highest BCUT2D eigenvalue weighted by Gasteiger charge is 2.26. The van der Waals surface area contributed by atoms with Crippen molar-refractivity contribution in [2.24, 2.45) is 0 Å². The molecule has 1 heterocycles. The predicted molar refractivity (Wildman–Crippen MR) is 111 cm³/mol. The zero-order chi connectivity index (χ0) is 19.5. The number of nitrogens with one attached hydrogen (secondary N) is 2. The molecule has 28 heavy (non-hydrogen) atoms. The fourth-order valence-corrected chi connectivity index (χ4v) is 3.31. The zero-order valence-electron chi connectivity index (χ0n) is 16.4. The molecule has 5 nitrogen and oxygen atoms in total. The van der Waals surface area contributed by atoms with E-state index in [1.807, 2.05) is 6.07 Å². The molecule has 1 saturated carbocycles. The Kier molecular flexibility index (Phi) is 5.26. The van der Waals surface area contributed by atoms with Crippen LogP contribution in [-0.2, 0) is 13.1 Å². The van der Waals surface area contributed by atoms with Crippen molar-refractivity contribution >= 4 is 5.91 Å². The minimum Gasteiger partial charge on any atom is -0.347 e. The van der Waals surface area contributed by atoms with Crippen LogP contribution in [0.1, 0.15) is 46.1 Å². The molecule has 1 aliphatic carbocycles. The average molecular weight is 374 g/mol. The Morgan fingerprint density at radius 2 is 1.64 bits per heavy atom. The van der Waals surface area contributed by atoms with Crippen molar-refractivity contribution < 1.29 is 4.79 Å². The first-order valence-electron chi connectivity index (χ1n) is 9.75. The lowest BCUT2D eigenvalue weighted by molar-refractivity contribution is 0.0946. The van der Waals surface area contributed by atoms with Crippen molar-refractivity contribution in [1.29, 1.82) is 0 Å². The fourth-order valence-electron chi connectivity index (χ4n) is 3.31. The first kappa shape index (κ1) is 18.4. The summed E-state index contributed by atoms with van der Waals surface area (Å²) < 4.78 is 0. The van der Waals surface area contributed by atoms with Crippen LogP contribution in [0.3, 0.4) is 0 Å². The van der Waals surface area contributed by atoms with Crippen molar-refractivity contribution in [1.82, 2.24) is 20.4 Å². The van der Waals surface area contributed by atoms with Crippen LogP contribution in [0.25, 0.3) is 11.1 Å². The molecule has 144 valence electrons. The van der Waals surface area contributed by atoms with E-state index in [1.54, 1.807) is 0 Å². The standard InChI is InChI=1S/C23H26N4O/c1-27(2)15-17-5-9-19(10-6-17)18-7-3-16(4-8-18)14-24-23(28)22-13-21(25-26-22)20-11-12-20/h3-10,13,20H,11-12,14-15H2,1-2H3,(H,24,28)(H,25,26). The fraction of sp³-hybridized carbons (Fsp3) is 0.304. The average Bonchev–Trinajstić information content (AvgIpc) is 3.43. The molecule has 0 spiro atoms. The Hall–Kier alpha value is -2.92. The number of aromatic nitrogens is 2. The Morgan fingerprint density at radius 3 is 2.21 bits per heavy atom. The number of amides is 1. The maximum atomic E-state index is 12.3. The van der Waals surface area contributed by atoms with Crippen LogP contribution in [0.5, 0.6) is 0 Å². The van der Waals surface area contributed by atoms with Gasteiger partial charge in [0.2, 0.25) is 0 Å². The van der Waals surface area contributed by atoms with Gasteiger partial charge < -0.3 is 10.2 Å². The second-order valence-corrected chi connectivity index (χ2v) is 7.80. The number of H-pyrrole nitrogens is 1. The van der Waals surface area contributed by atoms with Crippen LogP contribution >= 0.6 is 0 Å². The monoisotopic (exact) mass is 374 g/mol. The van der Waals surface area contributed by atoms with Crippen molar-refractivity contribution in [2.75, 3.05) is 14.1 Å². The highest BCUT2D eigenvalue weighted by molar-refractivity contribution is 5.92. The van der Waals surface area contributed by atoms with E-state index in [2.05, 4.69) is 83.0 Å². The van der Waals surface area contributed by atoms with Gasteiger partial charge >= 0.3 is 0 Å². The number of hydrogen-bond donors (Lipinski definition) is 2. The Morgan fingerprint density at radius 1 is 1.04 bits per heavy atom. The van der Waals surface area contributed by atoms with Crippen LogP contribution in [0.15, 0.2) is 54.6 Å². The van der Waals surface area contributed by atoms with Crippen molar-refractivity contribution in [3.05, 3.63) is 77.1 Å². The number of carbonyl (C=O) groups is 1. The van der Waals surface area contributed by atoms with E-state index in [0.29, 0.717) is 18.2 Å².